The van der Waals surface area contributed by atoms with Crippen LogP contribution in [0.15, 0.2) is 18.0 Å². The van der Waals surface area contributed by atoms with Gasteiger partial charge in [0.05, 0.1) is 10.4 Å². The third-order valence-electron chi connectivity index (χ3n) is 4.68. The quantitative estimate of drug-likeness (QED) is 0.544. The van der Waals surface area contributed by atoms with Crippen LogP contribution in [0.25, 0.3) is 0 Å². The first-order chi connectivity index (χ1) is 13.6. The highest BCUT2D eigenvalue weighted by Crippen LogP contribution is 2.43. The van der Waals surface area contributed by atoms with Crippen molar-refractivity contribution in [1.82, 2.24) is 10.2 Å². The number of thiophene rings is 1. The highest BCUT2D eigenvalue weighted by molar-refractivity contribution is 7.16. The Balaban J connectivity index is 0.00000204. The lowest BCUT2D eigenvalue weighted by molar-refractivity contribution is -0.191. The maximum absolute atomic E-state index is 13.1. The highest BCUT2D eigenvalue weighted by atomic mass is 35.5. The maximum Gasteiger partial charge on any atom is 0.471 e. The Morgan fingerprint density at radius 1 is 1.45 bits per heavy atom. The second kappa shape index (κ2) is 11.1. The van der Waals surface area contributed by atoms with E-state index in [2.05, 4.69) is 5.32 Å². The van der Waals surface area contributed by atoms with E-state index < -0.39 is 24.2 Å². The van der Waals surface area contributed by atoms with Gasteiger partial charge in [-0.3, -0.25) is 4.79 Å². The van der Waals surface area contributed by atoms with Crippen LogP contribution in [0.3, 0.4) is 0 Å². The van der Waals surface area contributed by atoms with Crippen molar-refractivity contribution in [2.24, 2.45) is 5.73 Å². The number of carbonyl (C=O) groups is 1. The van der Waals surface area contributed by atoms with Crippen LogP contribution in [0.2, 0.25) is 4.34 Å². The number of nitrogens with two attached hydrogens (primary N) is 1. The number of likely N-dealkylation sites (tertiary alicyclic amines) is 1. The largest absolute Gasteiger partial charge is 0.471 e. The van der Waals surface area contributed by atoms with Crippen LogP contribution in [0.4, 0.5) is 13.2 Å². The van der Waals surface area contributed by atoms with Crippen molar-refractivity contribution in [2.45, 2.75) is 50.4 Å². The zero-order chi connectivity index (χ0) is 22.4. The minimum atomic E-state index is -4.96. The van der Waals surface area contributed by atoms with Crippen molar-refractivity contribution in [3.63, 3.8) is 0 Å². The summed E-state index contributed by atoms with van der Waals surface area (Å²) in [5.74, 6) is -1.99. The molecule has 1 saturated heterocycles. The average molecular weight is 458 g/mol. The monoisotopic (exact) mass is 457 g/mol. The number of hydrogen-bond donors (Lipinski definition) is 4. The van der Waals surface area contributed by atoms with E-state index in [4.69, 9.17) is 22.4 Å². The van der Waals surface area contributed by atoms with Gasteiger partial charge in [-0.15, -0.1) is 11.3 Å². The number of alkyl halides is 3. The summed E-state index contributed by atoms with van der Waals surface area (Å²) in [6.07, 6.45) is -2.52. The molecule has 1 aliphatic rings. The van der Waals surface area contributed by atoms with E-state index in [-0.39, 0.29) is 24.6 Å². The molecule has 2 heterocycles. The van der Waals surface area contributed by atoms with Gasteiger partial charge in [-0.1, -0.05) is 11.6 Å². The van der Waals surface area contributed by atoms with E-state index in [1.807, 2.05) is 0 Å². The molecule has 3 unspecified atom stereocenters. The predicted octanol–water partition coefficient (Wildman–Crippen LogP) is 2.59. The molecule has 1 fully saturated rings. The van der Waals surface area contributed by atoms with E-state index in [9.17, 15) is 23.1 Å². The summed E-state index contributed by atoms with van der Waals surface area (Å²) in [6.45, 7) is 1.54. The highest BCUT2D eigenvalue weighted by Gasteiger charge is 2.49. The Hall–Kier alpha value is -1.49. The molecule has 6 nitrogen and oxygen atoms in total. The summed E-state index contributed by atoms with van der Waals surface area (Å²) in [6, 6.07) is 0.231. The van der Waals surface area contributed by atoms with Crippen molar-refractivity contribution in [3.8, 4) is 0 Å². The Morgan fingerprint density at radius 2 is 2.07 bits per heavy atom. The third kappa shape index (κ3) is 6.24. The van der Waals surface area contributed by atoms with Gasteiger partial charge in [-0.25, -0.2) is 0 Å². The van der Waals surface area contributed by atoms with Crippen LogP contribution in [0.1, 0.15) is 36.1 Å². The molecule has 0 bridgehead atoms. The molecule has 11 heteroatoms. The molecule has 1 aromatic heterocycles. The summed E-state index contributed by atoms with van der Waals surface area (Å²) >= 11 is 7.48. The van der Waals surface area contributed by atoms with Crippen molar-refractivity contribution in [1.29, 1.82) is 0 Å². The predicted molar refractivity (Wildman–Crippen MR) is 108 cm³/mol. The Kier molecular flexibility index (Phi) is 9.74. The topological polar surface area (TPSA) is 98.8 Å². The summed E-state index contributed by atoms with van der Waals surface area (Å²) in [7, 11) is 2.59. The van der Waals surface area contributed by atoms with Crippen LogP contribution < -0.4 is 11.1 Å². The van der Waals surface area contributed by atoms with E-state index in [1.165, 1.54) is 17.5 Å². The minimum absolute atomic E-state index is 0.0494. The summed E-state index contributed by atoms with van der Waals surface area (Å²) in [5, 5.41) is 19.0. The van der Waals surface area contributed by atoms with Crippen LogP contribution in [0, 0.1) is 0 Å². The Morgan fingerprint density at radius 3 is 2.59 bits per heavy atom. The first-order valence-corrected chi connectivity index (χ1v) is 10.2. The minimum Gasteiger partial charge on any atom is -0.400 e. The Labute approximate surface area is 177 Å². The number of amides is 1. The van der Waals surface area contributed by atoms with Gasteiger partial charge >= 0.3 is 12.1 Å². The molecule has 166 valence electrons. The first-order valence-electron chi connectivity index (χ1n) is 8.96. The number of nitrogens with one attached hydrogen (secondary N) is 1. The molecule has 1 aliphatic heterocycles. The summed E-state index contributed by atoms with van der Waals surface area (Å²) < 4.78 is 39.9. The molecule has 0 aliphatic carbocycles. The number of rotatable bonds is 5. The van der Waals surface area contributed by atoms with E-state index in [0.29, 0.717) is 17.2 Å². The van der Waals surface area contributed by atoms with Gasteiger partial charge in [-0.05, 0) is 43.7 Å². The zero-order valence-electron chi connectivity index (χ0n) is 16.5. The van der Waals surface area contributed by atoms with E-state index >= 15 is 0 Å². The van der Waals surface area contributed by atoms with Gasteiger partial charge in [0.25, 0.3) is 0 Å². The van der Waals surface area contributed by atoms with Gasteiger partial charge in [0.1, 0.15) is 0 Å². The molecule has 1 amide bonds. The van der Waals surface area contributed by atoms with Gasteiger partial charge in [-0.2, -0.15) is 13.2 Å². The molecule has 0 aromatic carbocycles. The molecule has 0 saturated carbocycles. The molecular formula is C18H27ClF3N3O3S. The normalized spacial score (nSPS) is 22.7. The second-order valence-electron chi connectivity index (χ2n) is 6.59. The van der Waals surface area contributed by atoms with Crippen LogP contribution in [-0.2, 0) is 11.2 Å². The SMILES string of the molecule is CN/C=C(\N)C1CC(c2sc(Cl)cc2CCO)CC(C)N1C(=O)C(F)(F)F.CO. The number of carbonyl (C=O) groups excluding carboxylic acids is 1. The molecule has 2 rings (SSSR count). The lowest BCUT2D eigenvalue weighted by Gasteiger charge is -2.44. The maximum atomic E-state index is 13.1. The zero-order valence-corrected chi connectivity index (χ0v) is 18.0. The van der Waals surface area contributed by atoms with Gasteiger partial charge < -0.3 is 26.2 Å². The fraction of sp³-hybridized carbons (Fsp3) is 0.611. The number of halogens is 4. The fourth-order valence-electron chi connectivity index (χ4n) is 3.64. The molecule has 0 radical (unpaired) electrons. The molecule has 0 spiro atoms. The van der Waals surface area contributed by atoms with Crippen molar-refractivity contribution in [2.75, 3.05) is 20.8 Å². The van der Waals surface area contributed by atoms with Crippen molar-refractivity contribution < 1.29 is 28.2 Å². The van der Waals surface area contributed by atoms with E-state index in [0.717, 1.165) is 22.5 Å². The lowest BCUT2D eigenvalue weighted by Crippen LogP contribution is -2.56. The Bertz CT molecular complexity index is 712. The van der Waals surface area contributed by atoms with Crippen molar-refractivity contribution in [3.05, 3.63) is 32.7 Å². The van der Waals surface area contributed by atoms with Crippen LogP contribution >= 0.6 is 22.9 Å². The third-order valence-corrected chi connectivity index (χ3v) is 6.15. The lowest BCUT2D eigenvalue weighted by atomic mass is 9.83. The number of piperidine rings is 1. The second-order valence-corrected chi connectivity index (χ2v) is 8.31. The standard InChI is InChI=1S/C17H23ClF3N3O2S.CH4O/c1-9-5-11(15-10(3-4-25)7-14(18)27-15)6-13(12(22)8-23-2)24(9)16(26)17(19,20)21;1-2/h7-9,11,13,23,25H,3-6,22H2,1-2H3;2H,1H3/b12-8-;. The molecule has 1 aromatic rings. The van der Waals surface area contributed by atoms with Crippen LogP contribution in [0.5, 0.6) is 0 Å². The van der Waals surface area contributed by atoms with E-state index in [1.54, 1.807) is 20.0 Å². The summed E-state index contributed by atoms with van der Waals surface area (Å²) in [5.41, 5.74) is 7.06. The van der Waals surface area contributed by atoms with Gasteiger partial charge in [0, 0.05) is 43.6 Å². The fourth-order valence-corrected chi connectivity index (χ4v) is 5.09. The number of aliphatic hydroxyl groups excluding tert-OH is 2. The van der Waals surface area contributed by atoms with Crippen LogP contribution in [-0.4, -0.2) is 60.0 Å². The first kappa shape index (κ1) is 25.5. The average Bonchev–Trinajstić information content (AvgIpc) is 3.02. The molecule has 3 atom stereocenters. The number of nitrogens with zero attached hydrogens (tertiary/aromatic N) is 1. The number of hydrogen-bond acceptors (Lipinski definition) is 6. The van der Waals surface area contributed by atoms with Crippen molar-refractivity contribution >= 4 is 28.8 Å². The molecule has 5 N–H and O–H groups in total. The summed E-state index contributed by atoms with van der Waals surface area (Å²) in [4.78, 5) is 13.8. The van der Waals surface area contributed by atoms with Gasteiger partial charge in [0.15, 0.2) is 0 Å². The number of aliphatic hydroxyl groups is 2. The van der Waals surface area contributed by atoms with Gasteiger partial charge in [0.2, 0.25) is 0 Å². The molecule has 29 heavy (non-hydrogen) atoms. The smallest absolute Gasteiger partial charge is 0.400 e. The molecular weight excluding hydrogens is 431 g/mol.